The average Bonchev–Trinajstić information content (AvgIpc) is 3.12. The molecule has 0 radical (unpaired) electrons. The van der Waals surface area contributed by atoms with E-state index in [9.17, 15) is 4.79 Å². The van der Waals surface area contributed by atoms with Crippen LogP contribution >= 0.6 is 0 Å². The molecule has 5 rings (SSSR count). The van der Waals surface area contributed by atoms with E-state index in [1.807, 2.05) is 79.0 Å². The molecule has 0 aliphatic carbocycles. The molecule has 31 heavy (non-hydrogen) atoms. The molecule has 0 bridgehead atoms. The Labute approximate surface area is 181 Å². The van der Waals surface area contributed by atoms with Gasteiger partial charge in [-0.2, -0.15) is 4.57 Å². The van der Waals surface area contributed by atoms with Crippen LogP contribution < -0.4 is 15.6 Å². The summed E-state index contributed by atoms with van der Waals surface area (Å²) in [5, 5.41) is 3.43. The second-order valence-electron chi connectivity index (χ2n) is 7.80. The van der Waals surface area contributed by atoms with Crippen molar-refractivity contribution in [1.82, 2.24) is 4.98 Å². The third-order valence-electron chi connectivity index (χ3n) is 5.57. The van der Waals surface area contributed by atoms with Crippen LogP contribution in [0.1, 0.15) is 21.6 Å². The molecule has 3 aromatic carbocycles. The largest absolute Gasteiger partial charge is 0.399 e. The van der Waals surface area contributed by atoms with Gasteiger partial charge in [0, 0.05) is 24.1 Å². The van der Waals surface area contributed by atoms with Gasteiger partial charge in [-0.3, -0.25) is 5.32 Å². The Balaban J connectivity index is 1.53. The maximum atomic E-state index is 13.3. The number of anilines is 2. The van der Waals surface area contributed by atoms with Gasteiger partial charge in [-0.15, -0.1) is 0 Å². The van der Waals surface area contributed by atoms with Crippen LogP contribution in [0.3, 0.4) is 0 Å². The van der Waals surface area contributed by atoms with E-state index in [4.69, 9.17) is 10.7 Å². The van der Waals surface area contributed by atoms with Gasteiger partial charge >= 0.3 is 11.7 Å². The van der Waals surface area contributed by atoms with Gasteiger partial charge in [-0.1, -0.05) is 72.8 Å². The van der Waals surface area contributed by atoms with Crippen molar-refractivity contribution in [2.75, 3.05) is 11.1 Å². The summed E-state index contributed by atoms with van der Waals surface area (Å²) in [4.78, 5) is 18.2. The minimum Gasteiger partial charge on any atom is -0.399 e. The SMILES string of the molecule is Nc1ccc(CC2Nc3c(Cc4ccccc4)nc(-c4ccccc4)c[n+]3C2=O)cc1. The summed E-state index contributed by atoms with van der Waals surface area (Å²) in [5.74, 6) is 0.801. The smallest absolute Gasteiger partial charge is 0.359 e. The summed E-state index contributed by atoms with van der Waals surface area (Å²) in [6.45, 7) is 0. The van der Waals surface area contributed by atoms with Gasteiger partial charge in [0.1, 0.15) is 17.6 Å². The number of hydrogen-bond donors (Lipinski definition) is 2. The van der Waals surface area contributed by atoms with Gasteiger partial charge in [-0.05, 0) is 23.3 Å². The molecule has 2 heterocycles. The molecule has 0 amide bonds. The molecule has 1 aromatic heterocycles. The number of fused-ring (bicyclic) bond motifs is 1. The highest BCUT2D eigenvalue weighted by molar-refractivity contribution is 5.82. The van der Waals surface area contributed by atoms with E-state index in [1.165, 1.54) is 0 Å². The summed E-state index contributed by atoms with van der Waals surface area (Å²) >= 11 is 0. The van der Waals surface area contributed by atoms with Crippen LogP contribution in [0.25, 0.3) is 11.3 Å². The van der Waals surface area contributed by atoms with E-state index < -0.39 is 0 Å². The molecule has 1 aliphatic heterocycles. The normalized spacial score (nSPS) is 14.8. The Morgan fingerprint density at radius 1 is 0.871 bits per heavy atom. The second kappa shape index (κ2) is 8.03. The van der Waals surface area contributed by atoms with Gasteiger partial charge in [0.05, 0.1) is 0 Å². The molecule has 0 saturated heterocycles. The quantitative estimate of drug-likeness (QED) is 0.389. The lowest BCUT2D eigenvalue weighted by molar-refractivity contribution is -0.552. The Kier molecular flexibility index (Phi) is 4.92. The zero-order chi connectivity index (χ0) is 21.2. The zero-order valence-electron chi connectivity index (χ0n) is 17.0. The van der Waals surface area contributed by atoms with Crippen molar-refractivity contribution in [3.05, 3.63) is 108 Å². The number of carbonyl (C=O) groups excluding carboxylic acids is 1. The summed E-state index contributed by atoms with van der Waals surface area (Å²) < 4.78 is 1.73. The van der Waals surface area contributed by atoms with Crippen molar-refractivity contribution in [3.8, 4) is 11.3 Å². The predicted octanol–water partition coefficient (Wildman–Crippen LogP) is 3.89. The van der Waals surface area contributed by atoms with Gasteiger partial charge in [0.15, 0.2) is 6.04 Å². The van der Waals surface area contributed by atoms with Gasteiger partial charge < -0.3 is 5.73 Å². The monoisotopic (exact) mass is 407 g/mol. The Bertz CT molecular complexity index is 1220. The maximum Gasteiger partial charge on any atom is 0.359 e. The Morgan fingerprint density at radius 2 is 1.55 bits per heavy atom. The minimum absolute atomic E-state index is 0.0284. The Hall–Kier alpha value is -3.99. The lowest BCUT2D eigenvalue weighted by Gasteiger charge is -2.07. The standard InChI is InChI=1S/C26H22N4O/c27-21-13-11-19(12-14-21)16-23-26(31)30-17-24(20-9-5-2-6-10-20)28-22(25(30)29-23)15-18-7-3-1-4-8-18/h1-14,17,23H,15-16,27H2/p+1. The van der Waals surface area contributed by atoms with Crippen molar-refractivity contribution in [2.45, 2.75) is 18.9 Å². The molecule has 4 aromatic rings. The molecule has 152 valence electrons. The number of carbonyl (C=O) groups is 1. The molecule has 0 saturated carbocycles. The van der Waals surface area contributed by atoms with Crippen molar-refractivity contribution >= 4 is 17.4 Å². The van der Waals surface area contributed by atoms with Crippen LogP contribution in [-0.2, 0) is 12.8 Å². The first-order valence-electron chi connectivity index (χ1n) is 10.4. The van der Waals surface area contributed by atoms with E-state index in [1.54, 1.807) is 4.57 Å². The number of hydrogen-bond acceptors (Lipinski definition) is 4. The number of nitrogens with one attached hydrogen (secondary N) is 1. The summed E-state index contributed by atoms with van der Waals surface area (Å²) in [7, 11) is 0. The minimum atomic E-state index is -0.342. The van der Waals surface area contributed by atoms with Crippen LogP contribution in [0, 0.1) is 0 Å². The molecule has 5 heteroatoms. The van der Waals surface area contributed by atoms with E-state index in [2.05, 4.69) is 17.4 Å². The first kappa shape index (κ1) is 19.0. The molecule has 1 atom stereocenters. The number of nitrogens with two attached hydrogens (primary N) is 1. The fourth-order valence-electron chi connectivity index (χ4n) is 3.96. The number of rotatable bonds is 5. The number of nitrogen functional groups attached to an aromatic ring is 1. The van der Waals surface area contributed by atoms with Crippen LogP contribution in [0.5, 0.6) is 0 Å². The fourth-order valence-corrected chi connectivity index (χ4v) is 3.96. The highest BCUT2D eigenvalue weighted by Gasteiger charge is 2.41. The number of nitrogens with zero attached hydrogens (tertiary/aromatic N) is 2. The number of benzene rings is 3. The highest BCUT2D eigenvalue weighted by Crippen LogP contribution is 2.25. The van der Waals surface area contributed by atoms with E-state index in [0.29, 0.717) is 18.5 Å². The molecule has 0 spiro atoms. The van der Waals surface area contributed by atoms with Gasteiger partial charge in [-0.25, -0.2) is 9.78 Å². The summed E-state index contributed by atoms with van der Waals surface area (Å²) in [6, 6.07) is 27.5. The average molecular weight is 407 g/mol. The molecule has 0 fully saturated rings. The van der Waals surface area contributed by atoms with Crippen molar-refractivity contribution in [1.29, 1.82) is 0 Å². The third-order valence-corrected chi connectivity index (χ3v) is 5.57. The predicted molar refractivity (Wildman–Crippen MR) is 122 cm³/mol. The molecular weight excluding hydrogens is 384 g/mol. The van der Waals surface area contributed by atoms with Crippen LogP contribution in [0.4, 0.5) is 11.5 Å². The zero-order valence-corrected chi connectivity index (χ0v) is 17.0. The molecular formula is C26H23N4O+. The van der Waals surface area contributed by atoms with Crippen molar-refractivity contribution < 1.29 is 9.36 Å². The van der Waals surface area contributed by atoms with Crippen LogP contribution in [-0.4, -0.2) is 16.9 Å². The lowest BCUT2D eigenvalue weighted by atomic mass is 10.1. The number of aromatic nitrogens is 2. The summed E-state index contributed by atoms with van der Waals surface area (Å²) in [6.07, 6.45) is 3.08. The molecule has 3 N–H and O–H groups in total. The second-order valence-corrected chi connectivity index (χ2v) is 7.80. The Morgan fingerprint density at radius 3 is 2.26 bits per heavy atom. The summed E-state index contributed by atoms with van der Waals surface area (Å²) in [5.41, 5.74) is 11.4. The van der Waals surface area contributed by atoms with Crippen molar-refractivity contribution in [3.63, 3.8) is 0 Å². The first-order chi connectivity index (χ1) is 15.2. The van der Waals surface area contributed by atoms with Gasteiger partial charge in [0.2, 0.25) is 0 Å². The molecule has 1 unspecified atom stereocenters. The van der Waals surface area contributed by atoms with E-state index in [-0.39, 0.29) is 11.9 Å². The van der Waals surface area contributed by atoms with E-state index in [0.717, 1.165) is 33.9 Å². The highest BCUT2D eigenvalue weighted by atomic mass is 16.2. The maximum absolute atomic E-state index is 13.3. The van der Waals surface area contributed by atoms with Crippen LogP contribution in [0.2, 0.25) is 0 Å². The first-order valence-corrected chi connectivity index (χ1v) is 10.4. The topological polar surface area (TPSA) is 71.9 Å². The van der Waals surface area contributed by atoms with Crippen LogP contribution in [0.15, 0.2) is 91.1 Å². The fraction of sp³-hybridized carbons (Fsp3) is 0.115. The molecule has 1 aliphatic rings. The van der Waals surface area contributed by atoms with Gasteiger partial charge in [0.25, 0.3) is 0 Å². The lowest BCUT2D eigenvalue weighted by Crippen LogP contribution is -2.44. The molecule has 5 nitrogen and oxygen atoms in total. The van der Waals surface area contributed by atoms with E-state index >= 15 is 0 Å². The van der Waals surface area contributed by atoms with Crippen molar-refractivity contribution in [2.24, 2.45) is 0 Å². The third kappa shape index (κ3) is 3.90.